The molecule has 0 bridgehead atoms. The largest absolute Gasteiger partial charge is 0.490 e. The average Bonchev–Trinajstić information content (AvgIpc) is 2.87. The third kappa shape index (κ3) is 7.82. The summed E-state index contributed by atoms with van der Waals surface area (Å²) in [5.74, 6) is -0.211. The van der Waals surface area contributed by atoms with Crippen molar-refractivity contribution < 1.29 is 13.5 Å². The summed E-state index contributed by atoms with van der Waals surface area (Å²) in [4.78, 5) is 0. The van der Waals surface area contributed by atoms with E-state index in [0.717, 1.165) is 37.2 Å². The maximum atomic E-state index is 14.8. The minimum Gasteiger partial charge on any atom is -0.490 e. The molecular formula is C31H44F2O. The number of halogens is 2. The van der Waals surface area contributed by atoms with Crippen LogP contribution in [0.2, 0.25) is 0 Å². The van der Waals surface area contributed by atoms with Crippen LogP contribution in [0.5, 0.6) is 5.75 Å². The highest BCUT2D eigenvalue weighted by Crippen LogP contribution is 2.39. The van der Waals surface area contributed by atoms with E-state index in [-0.39, 0.29) is 5.75 Å². The van der Waals surface area contributed by atoms with Crippen molar-refractivity contribution >= 4 is 0 Å². The summed E-state index contributed by atoms with van der Waals surface area (Å²) in [6.45, 7) is 4.83. The second-order valence-corrected chi connectivity index (χ2v) is 10.2. The highest BCUT2D eigenvalue weighted by molar-refractivity contribution is 5.65. The fraction of sp³-hybridized carbons (Fsp3) is 0.613. The molecule has 0 unspecified atom stereocenters. The zero-order chi connectivity index (χ0) is 24.2. The van der Waals surface area contributed by atoms with E-state index in [2.05, 4.69) is 26.0 Å². The monoisotopic (exact) mass is 470 g/mol. The minimum absolute atomic E-state index is 0.0106. The van der Waals surface area contributed by atoms with Gasteiger partial charge < -0.3 is 4.74 Å². The molecule has 2 aromatic carbocycles. The van der Waals surface area contributed by atoms with Gasteiger partial charge in [0, 0.05) is 5.56 Å². The molecule has 3 heteroatoms. The van der Waals surface area contributed by atoms with Crippen molar-refractivity contribution in [2.75, 3.05) is 6.61 Å². The van der Waals surface area contributed by atoms with Crippen molar-refractivity contribution in [2.24, 2.45) is 5.92 Å². The molecule has 2 aromatic rings. The second kappa shape index (κ2) is 14.5. The summed E-state index contributed by atoms with van der Waals surface area (Å²) in [5.41, 5.74) is 2.35. The lowest BCUT2D eigenvalue weighted by Crippen LogP contribution is -2.13. The molecule has 0 atom stereocenters. The lowest BCUT2D eigenvalue weighted by atomic mass is 9.77. The number of rotatable bonds is 14. The van der Waals surface area contributed by atoms with E-state index in [1.807, 2.05) is 12.1 Å². The van der Waals surface area contributed by atoms with E-state index in [1.54, 1.807) is 12.1 Å². The van der Waals surface area contributed by atoms with Gasteiger partial charge in [0.25, 0.3) is 0 Å². The molecule has 0 spiro atoms. The van der Waals surface area contributed by atoms with Crippen molar-refractivity contribution in [3.05, 3.63) is 53.6 Å². The molecule has 0 saturated heterocycles. The molecule has 188 valence electrons. The normalized spacial score (nSPS) is 18.2. The van der Waals surface area contributed by atoms with Crippen LogP contribution in [0.3, 0.4) is 0 Å². The highest BCUT2D eigenvalue weighted by Gasteiger charge is 2.22. The molecule has 0 amide bonds. The molecule has 34 heavy (non-hydrogen) atoms. The van der Waals surface area contributed by atoms with Crippen LogP contribution in [-0.4, -0.2) is 6.61 Å². The predicted octanol–water partition coefficient (Wildman–Crippen LogP) is 10.2. The Bertz CT molecular complexity index is 837. The van der Waals surface area contributed by atoms with Crippen molar-refractivity contribution in [3.63, 3.8) is 0 Å². The second-order valence-electron chi connectivity index (χ2n) is 10.2. The summed E-state index contributed by atoms with van der Waals surface area (Å²) >= 11 is 0. The Kier molecular flexibility index (Phi) is 11.4. The fourth-order valence-corrected chi connectivity index (χ4v) is 5.33. The van der Waals surface area contributed by atoms with Crippen LogP contribution in [0.1, 0.15) is 115 Å². The van der Waals surface area contributed by atoms with Crippen molar-refractivity contribution in [2.45, 2.75) is 110 Å². The van der Waals surface area contributed by atoms with Crippen LogP contribution in [-0.2, 0) is 0 Å². The highest BCUT2D eigenvalue weighted by atomic mass is 19.2. The van der Waals surface area contributed by atoms with Gasteiger partial charge in [-0.25, -0.2) is 4.39 Å². The van der Waals surface area contributed by atoms with Gasteiger partial charge in [-0.1, -0.05) is 95.9 Å². The first-order valence-electron chi connectivity index (χ1n) is 13.8. The van der Waals surface area contributed by atoms with Crippen LogP contribution < -0.4 is 4.74 Å². The first-order valence-corrected chi connectivity index (χ1v) is 13.8. The number of hydrogen-bond donors (Lipinski definition) is 0. The van der Waals surface area contributed by atoms with Crippen molar-refractivity contribution in [3.8, 4) is 16.9 Å². The van der Waals surface area contributed by atoms with Crippen LogP contribution in [0.25, 0.3) is 11.1 Å². The first kappa shape index (κ1) is 26.7. The molecule has 0 aliphatic heterocycles. The zero-order valence-electron chi connectivity index (χ0n) is 21.4. The Labute approximate surface area is 206 Å². The van der Waals surface area contributed by atoms with E-state index < -0.39 is 11.6 Å². The topological polar surface area (TPSA) is 9.23 Å². The van der Waals surface area contributed by atoms with E-state index in [1.165, 1.54) is 69.8 Å². The lowest BCUT2D eigenvalue weighted by Gasteiger charge is -2.29. The summed E-state index contributed by atoms with van der Waals surface area (Å²) < 4.78 is 34.9. The molecule has 1 saturated carbocycles. The molecular weight excluding hydrogens is 426 g/mol. The van der Waals surface area contributed by atoms with Gasteiger partial charge in [0.2, 0.25) is 5.82 Å². The Hall–Kier alpha value is -1.90. The molecule has 0 radical (unpaired) electrons. The molecule has 1 aliphatic rings. The molecule has 1 fully saturated rings. The molecule has 0 aromatic heterocycles. The summed E-state index contributed by atoms with van der Waals surface area (Å²) in [6, 6.07) is 11.3. The van der Waals surface area contributed by atoms with Gasteiger partial charge in [-0.2, -0.15) is 4.39 Å². The standard InChI is InChI=1S/C31H44F2O/c1-3-5-7-9-10-12-24-13-15-25(16-14-24)26-17-19-27(20-18-26)28-21-22-29(31(33)30(28)32)34-23-11-8-6-4-2/h17-22,24-25H,3-16,23H2,1-2H3. The SMILES string of the molecule is CCCCCCCC1CCC(c2ccc(-c3ccc(OCCCCCC)c(F)c3F)cc2)CC1. The Morgan fingerprint density at radius 3 is 2.03 bits per heavy atom. The number of hydrogen-bond acceptors (Lipinski definition) is 1. The maximum Gasteiger partial charge on any atom is 0.201 e. The van der Waals surface area contributed by atoms with Crippen LogP contribution in [0, 0.1) is 17.6 Å². The molecule has 1 aliphatic carbocycles. The minimum atomic E-state index is -0.884. The van der Waals surface area contributed by atoms with Crippen molar-refractivity contribution in [1.29, 1.82) is 0 Å². The lowest BCUT2D eigenvalue weighted by molar-refractivity contribution is 0.285. The van der Waals surface area contributed by atoms with Gasteiger partial charge >= 0.3 is 0 Å². The smallest absolute Gasteiger partial charge is 0.201 e. The fourth-order valence-electron chi connectivity index (χ4n) is 5.33. The van der Waals surface area contributed by atoms with Crippen molar-refractivity contribution in [1.82, 2.24) is 0 Å². The summed E-state index contributed by atoms with van der Waals surface area (Å²) in [7, 11) is 0. The van der Waals surface area contributed by atoms with Gasteiger partial charge in [-0.3, -0.25) is 0 Å². The number of ether oxygens (including phenoxy) is 1. The Morgan fingerprint density at radius 2 is 1.35 bits per heavy atom. The quantitative estimate of drug-likeness (QED) is 0.250. The Morgan fingerprint density at radius 1 is 0.706 bits per heavy atom. The van der Waals surface area contributed by atoms with Crippen LogP contribution in [0.15, 0.2) is 36.4 Å². The molecule has 1 nitrogen and oxygen atoms in total. The van der Waals surface area contributed by atoms with Crippen LogP contribution >= 0.6 is 0 Å². The third-order valence-electron chi connectivity index (χ3n) is 7.56. The summed E-state index contributed by atoms with van der Waals surface area (Å²) in [6.07, 6.45) is 17.5. The first-order chi connectivity index (χ1) is 16.6. The molecule has 0 heterocycles. The molecule has 3 rings (SSSR count). The van der Waals surface area contributed by atoms with Gasteiger partial charge in [-0.05, 0) is 67.2 Å². The van der Waals surface area contributed by atoms with Gasteiger partial charge in [0.15, 0.2) is 11.6 Å². The average molecular weight is 471 g/mol. The van der Waals surface area contributed by atoms with Gasteiger partial charge in [0.05, 0.1) is 6.61 Å². The number of unbranched alkanes of at least 4 members (excludes halogenated alkanes) is 7. The third-order valence-corrected chi connectivity index (χ3v) is 7.56. The Balaban J connectivity index is 1.51. The van der Waals surface area contributed by atoms with Gasteiger partial charge in [0.1, 0.15) is 0 Å². The number of benzene rings is 2. The maximum absolute atomic E-state index is 14.8. The van der Waals surface area contributed by atoms with Crippen LogP contribution in [0.4, 0.5) is 8.78 Å². The van der Waals surface area contributed by atoms with E-state index in [4.69, 9.17) is 4.74 Å². The van der Waals surface area contributed by atoms with E-state index >= 15 is 0 Å². The summed E-state index contributed by atoms with van der Waals surface area (Å²) in [5, 5.41) is 0. The van der Waals surface area contributed by atoms with E-state index in [9.17, 15) is 8.78 Å². The molecule has 0 N–H and O–H groups in total. The predicted molar refractivity (Wildman–Crippen MR) is 140 cm³/mol. The zero-order valence-corrected chi connectivity index (χ0v) is 21.4. The van der Waals surface area contributed by atoms with Gasteiger partial charge in [-0.15, -0.1) is 0 Å². The van der Waals surface area contributed by atoms with E-state index in [0.29, 0.717) is 18.1 Å².